The highest BCUT2D eigenvalue weighted by molar-refractivity contribution is 9.10. The van der Waals surface area contributed by atoms with Crippen molar-refractivity contribution in [3.8, 4) is 11.5 Å². The van der Waals surface area contributed by atoms with Gasteiger partial charge in [-0.3, -0.25) is 0 Å². The summed E-state index contributed by atoms with van der Waals surface area (Å²) in [6.45, 7) is 1.81. The highest BCUT2D eigenvalue weighted by Crippen LogP contribution is 2.36. The van der Waals surface area contributed by atoms with Gasteiger partial charge in [-0.15, -0.1) is 0 Å². The van der Waals surface area contributed by atoms with E-state index in [9.17, 15) is 0 Å². The van der Waals surface area contributed by atoms with Gasteiger partial charge in [-0.1, -0.05) is 12.1 Å². The zero-order valence-corrected chi connectivity index (χ0v) is 22.0. The van der Waals surface area contributed by atoms with Crippen LogP contribution in [-0.2, 0) is 6.54 Å². The van der Waals surface area contributed by atoms with E-state index in [1.165, 1.54) is 18.4 Å². The van der Waals surface area contributed by atoms with Gasteiger partial charge in [0.2, 0.25) is 5.95 Å². The van der Waals surface area contributed by atoms with E-state index in [1.807, 2.05) is 32.3 Å². The first-order valence-corrected chi connectivity index (χ1v) is 12.6. The van der Waals surface area contributed by atoms with E-state index in [1.54, 1.807) is 14.2 Å². The Balaban J connectivity index is 1.29. The van der Waals surface area contributed by atoms with Crippen LogP contribution in [0.2, 0.25) is 0 Å². The average molecular weight is 528 g/mol. The first kappa shape index (κ1) is 24.5. The van der Waals surface area contributed by atoms with Crippen LogP contribution in [-0.4, -0.2) is 50.9 Å². The number of rotatable bonds is 9. The maximum absolute atomic E-state index is 5.46. The minimum absolute atomic E-state index is 0.411. The molecule has 34 heavy (non-hydrogen) atoms. The summed E-state index contributed by atoms with van der Waals surface area (Å²) in [5.41, 5.74) is 2.15. The number of benzene rings is 2. The topological polar surface area (TPSA) is 71.5 Å². The summed E-state index contributed by atoms with van der Waals surface area (Å²) in [7, 11) is 7.37. The monoisotopic (exact) mass is 527 g/mol. The molecule has 0 amide bonds. The van der Waals surface area contributed by atoms with Crippen LogP contribution in [0.15, 0.2) is 40.9 Å². The second-order valence-electron chi connectivity index (χ2n) is 9.09. The minimum atomic E-state index is 0.411. The highest BCUT2D eigenvalue weighted by atomic mass is 79.9. The fraction of sp³-hybridized carbons (Fsp3) is 0.462. The van der Waals surface area contributed by atoms with Gasteiger partial charge >= 0.3 is 0 Å². The molecule has 0 bridgehead atoms. The number of aromatic nitrogens is 2. The third kappa shape index (κ3) is 5.73. The van der Waals surface area contributed by atoms with Crippen LogP contribution in [0.25, 0.3) is 10.9 Å². The van der Waals surface area contributed by atoms with Crippen LogP contribution < -0.4 is 25.0 Å². The standard InChI is InChI=1S/C26H34BrN5O2/c1-32(2)25-20-7-5-6-8-22(20)30-26(31-25)29-19-11-9-17(10-12-19)15-28-16-18-13-21(27)24(34-4)23(14-18)33-3/h5-8,13-14,17,19,28H,9-12,15-16H2,1-4H3,(H,29,30,31). The maximum atomic E-state index is 5.46. The van der Waals surface area contributed by atoms with Crippen molar-refractivity contribution in [2.24, 2.45) is 5.92 Å². The molecule has 1 saturated carbocycles. The van der Waals surface area contributed by atoms with Crippen LogP contribution in [0.5, 0.6) is 11.5 Å². The molecular formula is C26H34BrN5O2. The van der Waals surface area contributed by atoms with E-state index in [-0.39, 0.29) is 0 Å². The van der Waals surface area contributed by atoms with Gasteiger partial charge in [-0.25, -0.2) is 4.98 Å². The molecule has 0 atom stereocenters. The molecule has 0 saturated heterocycles. The number of para-hydroxylation sites is 1. The predicted octanol–water partition coefficient (Wildman–Crippen LogP) is 5.24. The number of hydrogen-bond donors (Lipinski definition) is 2. The van der Waals surface area contributed by atoms with E-state index in [0.717, 1.165) is 64.6 Å². The molecule has 2 aromatic carbocycles. The van der Waals surface area contributed by atoms with Crippen LogP contribution >= 0.6 is 15.9 Å². The van der Waals surface area contributed by atoms with Gasteiger partial charge in [0, 0.05) is 32.1 Å². The average Bonchev–Trinajstić information content (AvgIpc) is 2.84. The SMILES string of the molecule is COc1cc(CNCC2CCC(Nc3nc(N(C)C)c4ccccc4n3)CC2)cc(Br)c1OC. The van der Waals surface area contributed by atoms with Gasteiger partial charge < -0.3 is 25.0 Å². The molecule has 0 aliphatic heterocycles. The second kappa shape index (κ2) is 11.2. The third-order valence-corrected chi connectivity index (χ3v) is 7.03. The van der Waals surface area contributed by atoms with Crippen molar-refractivity contribution < 1.29 is 9.47 Å². The Kier molecular flexibility index (Phi) is 8.11. The molecule has 182 valence electrons. The molecule has 1 fully saturated rings. The van der Waals surface area contributed by atoms with Gasteiger partial charge in [-0.2, -0.15) is 4.98 Å². The Bertz CT molecular complexity index is 1120. The lowest BCUT2D eigenvalue weighted by Crippen LogP contribution is -2.31. The number of fused-ring (bicyclic) bond motifs is 1. The molecule has 0 unspecified atom stereocenters. The van der Waals surface area contributed by atoms with E-state index >= 15 is 0 Å². The Hall–Kier alpha value is -2.58. The Labute approximate surface area is 210 Å². The molecule has 0 spiro atoms. The van der Waals surface area contributed by atoms with Crippen molar-refractivity contribution in [2.75, 3.05) is 45.1 Å². The van der Waals surface area contributed by atoms with Crippen molar-refractivity contribution in [3.05, 3.63) is 46.4 Å². The smallest absolute Gasteiger partial charge is 0.225 e. The van der Waals surface area contributed by atoms with Gasteiger partial charge in [0.15, 0.2) is 11.5 Å². The number of nitrogens with zero attached hydrogens (tertiary/aromatic N) is 3. The summed E-state index contributed by atoms with van der Waals surface area (Å²) in [4.78, 5) is 11.6. The molecule has 1 heterocycles. The largest absolute Gasteiger partial charge is 0.493 e. The van der Waals surface area contributed by atoms with E-state index < -0.39 is 0 Å². The Morgan fingerprint density at radius 2 is 1.79 bits per heavy atom. The third-order valence-electron chi connectivity index (χ3n) is 6.44. The van der Waals surface area contributed by atoms with E-state index in [4.69, 9.17) is 19.4 Å². The number of nitrogens with one attached hydrogen (secondary N) is 2. The summed E-state index contributed by atoms with van der Waals surface area (Å²) >= 11 is 3.57. The lowest BCUT2D eigenvalue weighted by atomic mass is 9.86. The summed E-state index contributed by atoms with van der Waals surface area (Å²) in [6.07, 6.45) is 4.63. The molecule has 7 nitrogen and oxygen atoms in total. The van der Waals surface area contributed by atoms with Crippen molar-refractivity contribution >= 4 is 38.6 Å². The fourth-order valence-electron chi connectivity index (χ4n) is 4.65. The predicted molar refractivity (Wildman–Crippen MR) is 142 cm³/mol. The quantitative estimate of drug-likeness (QED) is 0.394. The molecule has 1 aliphatic carbocycles. The Morgan fingerprint density at radius 3 is 2.50 bits per heavy atom. The van der Waals surface area contributed by atoms with E-state index in [0.29, 0.717) is 12.0 Å². The summed E-state index contributed by atoms with van der Waals surface area (Å²) in [5, 5.41) is 8.30. The zero-order chi connectivity index (χ0) is 24.1. The maximum Gasteiger partial charge on any atom is 0.225 e. The highest BCUT2D eigenvalue weighted by Gasteiger charge is 2.22. The first-order valence-electron chi connectivity index (χ1n) is 11.8. The summed E-state index contributed by atoms with van der Waals surface area (Å²) in [6, 6.07) is 12.7. The van der Waals surface area contributed by atoms with Crippen molar-refractivity contribution in [1.82, 2.24) is 15.3 Å². The lowest BCUT2D eigenvalue weighted by Gasteiger charge is -2.29. The van der Waals surface area contributed by atoms with Crippen LogP contribution in [0.1, 0.15) is 31.2 Å². The molecule has 4 rings (SSSR count). The molecule has 0 radical (unpaired) electrons. The molecule has 8 heteroatoms. The van der Waals surface area contributed by atoms with Gasteiger partial charge in [0.05, 0.1) is 24.2 Å². The number of hydrogen-bond acceptors (Lipinski definition) is 7. The number of anilines is 2. The second-order valence-corrected chi connectivity index (χ2v) is 9.94. The molecule has 1 aliphatic rings. The number of halogens is 1. The van der Waals surface area contributed by atoms with E-state index in [2.05, 4.69) is 49.7 Å². The first-order chi connectivity index (χ1) is 16.5. The van der Waals surface area contributed by atoms with Crippen molar-refractivity contribution in [2.45, 2.75) is 38.3 Å². The number of ether oxygens (including phenoxy) is 2. The summed E-state index contributed by atoms with van der Waals surface area (Å²) < 4.78 is 11.8. The van der Waals surface area contributed by atoms with Gasteiger partial charge in [-0.05, 0) is 83.9 Å². The van der Waals surface area contributed by atoms with Crippen LogP contribution in [0.4, 0.5) is 11.8 Å². The zero-order valence-electron chi connectivity index (χ0n) is 20.4. The molecule has 3 aromatic rings. The number of methoxy groups -OCH3 is 2. The van der Waals surface area contributed by atoms with Crippen LogP contribution in [0, 0.1) is 5.92 Å². The Morgan fingerprint density at radius 1 is 1.03 bits per heavy atom. The normalized spacial score (nSPS) is 18.0. The van der Waals surface area contributed by atoms with Crippen molar-refractivity contribution in [1.29, 1.82) is 0 Å². The molecular weight excluding hydrogens is 494 g/mol. The lowest BCUT2D eigenvalue weighted by molar-refractivity contribution is 0.323. The van der Waals surface area contributed by atoms with Crippen molar-refractivity contribution in [3.63, 3.8) is 0 Å². The van der Waals surface area contributed by atoms with Gasteiger partial charge in [0.1, 0.15) is 5.82 Å². The van der Waals surface area contributed by atoms with Crippen LogP contribution in [0.3, 0.4) is 0 Å². The fourth-order valence-corrected chi connectivity index (χ4v) is 5.30. The van der Waals surface area contributed by atoms with Gasteiger partial charge in [0.25, 0.3) is 0 Å². The summed E-state index contributed by atoms with van der Waals surface area (Å²) in [5.74, 6) is 3.83. The molecule has 2 N–H and O–H groups in total. The molecule has 1 aromatic heterocycles. The minimum Gasteiger partial charge on any atom is -0.493 e.